The molecule has 0 bridgehead atoms. The summed E-state index contributed by atoms with van der Waals surface area (Å²) in [6.45, 7) is -0.0643. The molecule has 0 amide bonds. The largest absolute Gasteiger partial charge is 0.497 e. The summed E-state index contributed by atoms with van der Waals surface area (Å²) in [4.78, 5) is 16.4. The third-order valence-electron chi connectivity index (χ3n) is 3.53. The minimum Gasteiger partial charge on any atom is -0.497 e. The molecule has 0 fully saturated rings. The molecule has 1 aromatic heterocycles. The molecule has 0 saturated carbocycles. The van der Waals surface area contributed by atoms with Crippen LogP contribution in [0.4, 0.5) is 0 Å². The quantitative estimate of drug-likeness (QED) is 0.638. The number of esters is 1. The van der Waals surface area contributed by atoms with Crippen molar-refractivity contribution < 1.29 is 23.4 Å². The number of benzene rings is 2. The molecule has 6 heteroatoms. The number of aromatic nitrogens is 1. The summed E-state index contributed by atoms with van der Waals surface area (Å²) < 4.78 is 21.2. The van der Waals surface area contributed by atoms with E-state index in [2.05, 4.69) is 4.98 Å². The van der Waals surface area contributed by atoms with Gasteiger partial charge < -0.3 is 18.6 Å². The van der Waals surface area contributed by atoms with Crippen LogP contribution in [0.1, 0.15) is 16.2 Å². The van der Waals surface area contributed by atoms with Crippen LogP contribution in [0, 0.1) is 0 Å². The van der Waals surface area contributed by atoms with Crippen molar-refractivity contribution in [3.05, 3.63) is 66.2 Å². The van der Waals surface area contributed by atoms with Gasteiger partial charge in [-0.2, -0.15) is 0 Å². The third-order valence-corrected chi connectivity index (χ3v) is 3.53. The molecular weight excluding hydrogens is 322 g/mol. The standard InChI is InChI=1S/C19H17NO5/c1-22-15-8-14(9-16(10-15)23-2)19(21)24-12-18-20-11-17(25-18)13-6-4-3-5-7-13/h3-11H,12H2,1-2H3. The van der Waals surface area contributed by atoms with Crippen molar-refractivity contribution in [2.75, 3.05) is 14.2 Å². The van der Waals surface area contributed by atoms with Crippen molar-refractivity contribution in [2.24, 2.45) is 0 Å². The molecule has 0 spiro atoms. The fourth-order valence-electron chi connectivity index (χ4n) is 2.25. The molecule has 0 N–H and O–H groups in total. The Balaban J connectivity index is 1.68. The lowest BCUT2D eigenvalue weighted by Crippen LogP contribution is -2.06. The fraction of sp³-hybridized carbons (Fsp3) is 0.158. The lowest BCUT2D eigenvalue weighted by atomic mass is 10.2. The SMILES string of the molecule is COc1cc(OC)cc(C(=O)OCc2ncc(-c3ccccc3)o2)c1. The molecule has 6 nitrogen and oxygen atoms in total. The molecular formula is C19H17NO5. The first-order valence-electron chi connectivity index (χ1n) is 7.60. The Kier molecular flexibility index (Phi) is 4.99. The van der Waals surface area contributed by atoms with Gasteiger partial charge in [-0.3, -0.25) is 0 Å². The van der Waals surface area contributed by atoms with E-state index in [4.69, 9.17) is 18.6 Å². The molecule has 0 unspecified atom stereocenters. The van der Waals surface area contributed by atoms with Crippen molar-refractivity contribution in [1.82, 2.24) is 4.98 Å². The number of carbonyl (C=O) groups is 1. The van der Waals surface area contributed by atoms with Crippen LogP contribution in [0.25, 0.3) is 11.3 Å². The van der Waals surface area contributed by atoms with Crippen molar-refractivity contribution in [2.45, 2.75) is 6.61 Å². The summed E-state index contributed by atoms with van der Waals surface area (Å²) >= 11 is 0. The van der Waals surface area contributed by atoms with Crippen molar-refractivity contribution in [3.63, 3.8) is 0 Å². The lowest BCUT2D eigenvalue weighted by molar-refractivity contribution is 0.0438. The monoisotopic (exact) mass is 339 g/mol. The van der Waals surface area contributed by atoms with E-state index >= 15 is 0 Å². The number of carbonyl (C=O) groups excluding carboxylic acids is 1. The Bertz CT molecular complexity index is 835. The van der Waals surface area contributed by atoms with Crippen molar-refractivity contribution >= 4 is 5.97 Å². The first-order chi connectivity index (χ1) is 12.2. The third kappa shape index (κ3) is 3.98. The predicted molar refractivity (Wildman–Crippen MR) is 90.6 cm³/mol. The van der Waals surface area contributed by atoms with Gasteiger partial charge in [0.15, 0.2) is 12.4 Å². The van der Waals surface area contributed by atoms with Gasteiger partial charge in [0.2, 0.25) is 5.89 Å². The average molecular weight is 339 g/mol. The maximum Gasteiger partial charge on any atom is 0.338 e. The van der Waals surface area contributed by atoms with Crippen LogP contribution in [-0.2, 0) is 11.3 Å². The Morgan fingerprint density at radius 2 is 1.72 bits per heavy atom. The minimum absolute atomic E-state index is 0.0643. The van der Waals surface area contributed by atoms with E-state index < -0.39 is 5.97 Å². The van der Waals surface area contributed by atoms with Crippen LogP contribution < -0.4 is 9.47 Å². The zero-order valence-corrected chi connectivity index (χ0v) is 13.9. The van der Waals surface area contributed by atoms with E-state index in [1.165, 1.54) is 14.2 Å². The van der Waals surface area contributed by atoms with E-state index in [1.807, 2.05) is 30.3 Å². The highest BCUT2D eigenvalue weighted by atomic mass is 16.5. The van der Waals surface area contributed by atoms with E-state index in [0.717, 1.165) is 5.56 Å². The van der Waals surface area contributed by atoms with Gasteiger partial charge in [-0.1, -0.05) is 30.3 Å². The molecule has 0 radical (unpaired) electrons. The van der Waals surface area contributed by atoms with Gasteiger partial charge in [0, 0.05) is 11.6 Å². The highest BCUT2D eigenvalue weighted by molar-refractivity contribution is 5.90. The van der Waals surface area contributed by atoms with Gasteiger partial charge >= 0.3 is 5.97 Å². The first kappa shape index (κ1) is 16.6. The summed E-state index contributed by atoms with van der Waals surface area (Å²) in [5.74, 6) is 1.44. The maximum atomic E-state index is 12.2. The van der Waals surface area contributed by atoms with E-state index in [9.17, 15) is 4.79 Å². The topological polar surface area (TPSA) is 70.8 Å². The summed E-state index contributed by atoms with van der Waals surface area (Å²) in [6, 6.07) is 14.4. The highest BCUT2D eigenvalue weighted by Crippen LogP contribution is 2.24. The molecule has 3 aromatic rings. The van der Waals surface area contributed by atoms with E-state index in [1.54, 1.807) is 24.4 Å². The van der Waals surface area contributed by atoms with Crippen LogP contribution >= 0.6 is 0 Å². The molecule has 25 heavy (non-hydrogen) atoms. The van der Waals surface area contributed by atoms with Crippen molar-refractivity contribution in [3.8, 4) is 22.8 Å². The smallest absolute Gasteiger partial charge is 0.338 e. The molecule has 0 aliphatic rings. The molecule has 3 rings (SSSR count). The second kappa shape index (κ2) is 7.53. The Hall–Kier alpha value is -3.28. The summed E-state index contributed by atoms with van der Waals surface area (Å²) in [7, 11) is 3.03. The summed E-state index contributed by atoms with van der Waals surface area (Å²) in [5.41, 5.74) is 1.23. The number of hydrogen-bond acceptors (Lipinski definition) is 6. The molecule has 2 aromatic carbocycles. The summed E-state index contributed by atoms with van der Waals surface area (Å²) in [5, 5.41) is 0. The first-order valence-corrected chi connectivity index (χ1v) is 7.60. The highest BCUT2D eigenvalue weighted by Gasteiger charge is 2.13. The van der Waals surface area contributed by atoms with Gasteiger partial charge in [0.05, 0.1) is 26.0 Å². The Morgan fingerprint density at radius 1 is 1.04 bits per heavy atom. The second-order valence-electron chi connectivity index (χ2n) is 5.16. The van der Waals surface area contributed by atoms with Gasteiger partial charge in [-0.15, -0.1) is 0 Å². The normalized spacial score (nSPS) is 10.3. The lowest BCUT2D eigenvalue weighted by Gasteiger charge is -2.08. The predicted octanol–water partition coefficient (Wildman–Crippen LogP) is 3.72. The zero-order chi connectivity index (χ0) is 17.6. The molecule has 0 saturated heterocycles. The molecule has 128 valence electrons. The van der Waals surface area contributed by atoms with Gasteiger partial charge in [-0.25, -0.2) is 9.78 Å². The molecule has 0 aliphatic carbocycles. The van der Waals surface area contributed by atoms with Crippen LogP contribution in [0.5, 0.6) is 11.5 Å². The number of rotatable bonds is 6. The number of nitrogens with zero attached hydrogens (tertiary/aromatic N) is 1. The number of oxazole rings is 1. The number of ether oxygens (including phenoxy) is 3. The maximum absolute atomic E-state index is 12.2. The van der Waals surface area contributed by atoms with Crippen LogP contribution in [0.3, 0.4) is 0 Å². The minimum atomic E-state index is -0.517. The Labute approximate surface area is 145 Å². The van der Waals surface area contributed by atoms with Crippen molar-refractivity contribution in [1.29, 1.82) is 0 Å². The number of methoxy groups -OCH3 is 2. The van der Waals surface area contributed by atoms with Crippen LogP contribution in [0.2, 0.25) is 0 Å². The van der Waals surface area contributed by atoms with Gasteiger partial charge in [-0.05, 0) is 12.1 Å². The second-order valence-corrected chi connectivity index (χ2v) is 5.16. The van der Waals surface area contributed by atoms with E-state index in [0.29, 0.717) is 28.7 Å². The molecule has 0 aliphatic heterocycles. The average Bonchev–Trinajstić information content (AvgIpc) is 3.15. The van der Waals surface area contributed by atoms with Gasteiger partial charge in [0.25, 0.3) is 0 Å². The molecule has 1 heterocycles. The van der Waals surface area contributed by atoms with Crippen LogP contribution in [-0.4, -0.2) is 25.2 Å². The van der Waals surface area contributed by atoms with Crippen LogP contribution in [0.15, 0.2) is 59.1 Å². The Morgan fingerprint density at radius 3 is 2.36 bits per heavy atom. The van der Waals surface area contributed by atoms with Gasteiger partial charge in [0.1, 0.15) is 11.5 Å². The zero-order valence-electron chi connectivity index (χ0n) is 13.9. The molecule has 0 atom stereocenters. The fourth-order valence-corrected chi connectivity index (χ4v) is 2.25. The summed E-state index contributed by atoms with van der Waals surface area (Å²) in [6.07, 6.45) is 1.60. The van der Waals surface area contributed by atoms with E-state index in [-0.39, 0.29) is 6.61 Å². The number of hydrogen-bond donors (Lipinski definition) is 0.